The molecule has 3 aromatic rings. The number of non-ortho nitro benzene ring substituents is 1. The van der Waals surface area contributed by atoms with Gasteiger partial charge < -0.3 is 10.6 Å². The van der Waals surface area contributed by atoms with E-state index in [1.807, 2.05) is 30.3 Å². The fourth-order valence-electron chi connectivity index (χ4n) is 2.71. The van der Waals surface area contributed by atoms with Crippen molar-refractivity contribution in [3.05, 3.63) is 117 Å². The Kier molecular flexibility index (Phi) is 6.85. The lowest BCUT2D eigenvalue weighted by molar-refractivity contribution is -0.384. The van der Waals surface area contributed by atoms with E-state index in [2.05, 4.69) is 10.6 Å². The van der Waals surface area contributed by atoms with E-state index >= 15 is 0 Å². The van der Waals surface area contributed by atoms with E-state index in [9.17, 15) is 24.1 Å². The molecule has 0 atom stereocenters. The molecule has 3 rings (SSSR count). The number of benzene rings is 3. The second-order valence-corrected chi connectivity index (χ2v) is 6.51. The Hall–Kier alpha value is -4.33. The van der Waals surface area contributed by atoms with Gasteiger partial charge in [-0.15, -0.1) is 0 Å². The second-order valence-electron chi connectivity index (χ2n) is 6.51. The fourth-order valence-corrected chi connectivity index (χ4v) is 2.71. The lowest BCUT2D eigenvalue weighted by Crippen LogP contribution is -2.34. The van der Waals surface area contributed by atoms with Crippen LogP contribution in [-0.4, -0.2) is 16.7 Å². The lowest BCUT2D eigenvalue weighted by Gasteiger charge is -2.12. The summed E-state index contributed by atoms with van der Waals surface area (Å²) in [6, 6.07) is 19.9. The topological polar surface area (TPSA) is 101 Å². The Balaban J connectivity index is 1.82. The number of nitro groups is 1. The second kappa shape index (κ2) is 9.93. The van der Waals surface area contributed by atoms with Gasteiger partial charge in [0, 0.05) is 29.8 Å². The molecule has 0 unspecified atom stereocenters. The van der Waals surface area contributed by atoms with Crippen molar-refractivity contribution in [1.29, 1.82) is 0 Å². The van der Waals surface area contributed by atoms with Crippen molar-refractivity contribution < 1.29 is 18.9 Å². The van der Waals surface area contributed by atoms with Crippen molar-refractivity contribution in [2.45, 2.75) is 6.54 Å². The van der Waals surface area contributed by atoms with Gasteiger partial charge in [-0.3, -0.25) is 19.7 Å². The van der Waals surface area contributed by atoms with Gasteiger partial charge in [0.15, 0.2) is 0 Å². The first-order valence-electron chi connectivity index (χ1n) is 9.28. The largest absolute Gasteiger partial charge is 0.347 e. The van der Waals surface area contributed by atoms with Crippen LogP contribution in [0, 0.1) is 15.9 Å². The van der Waals surface area contributed by atoms with Crippen LogP contribution in [0.2, 0.25) is 0 Å². The molecule has 0 bridgehead atoms. The quantitative estimate of drug-likeness (QED) is 0.345. The van der Waals surface area contributed by atoms with Gasteiger partial charge in [0.1, 0.15) is 11.5 Å². The zero-order chi connectivity index (χ0) is 22.2. The molecule has 31 heavy (non-hydrogen) atoms. The van der Waals surface area contributed by atoms with Crippen LogP contribution in [0.4, 0.5) is 10.1 Å². The first-order valence-corrected chi connectivity index (χ1v) is 9.28. The van der Waals surface area contributed by atoms with Gasteiger partial charge in [-0.25, -0.2) is 4.39 Å². The third-order valence-electron chi connectivity index (χ3n) is 4.33. The summed E-state index contributed by atoms with van der Waals surface area (Å²) in [5.41, 5.74) is 0.753. The Morgan fingerprint density at radius 3 is 2.23 bits per heavy atom. The predicted molar refractivity (Wildman–Crippen MR) is 113 cm³/mol. The van der Waals surface area contributed by atoms with Crippen molar-refractivity contribution in [2.24, 2.45) is 0 Å². The maximum atomic E-state index is 14.1. The first-order chi connectivity index (χ1) is 14.9. The van der Waals surface area contributed by atoms with Crippen LogP contribution in [0.15, 0.2) is 84.6 Å². The van der Waals surface area contributed by atoms with Crippen LogP contribution in [0.3, 0.4) is 0 Å². The van der Waals surface area contributed by atoms with E-state index in [1.165, 1.54) is 48.5 Å². The summed E-state index contributed by atoms with van der Waals surface area (Å²) in [5, 5.41) is 15.9. The number of carbonyl (C=O) groups is 2. The molecule has 0 aliphatic rings. The zero-order valence-electron chi connectivity index (χ0n) is 16.2. The predicted octanol–water partition coefficient (Wildman–Crippen LogP) is 3.82. The van der Waals surface area contributed by atoms with Crippen LogP contribution in [0.1, 0.15) is 21.5 Å². The molecule has 0 aromatic heterocycles. The van der Waals surface area contributed by atoms with Crippen molar-refractivity contribution in [3.8, 4) is 0 Å². The summed E-state index contributed by atoms with van der Waals surface area (Å²) < 4.78 is 14.1. The normalized spacial score (nSPS) is 10.9. The minimum atomic E-state index is -0.660. The smallest absolute Gasteiger partial charge is 0.269 e. The van der Waals surface area contributed by atoms with Gasteiger partial charge in [0.25, 0.3) is 17.5 Å². The minimum absolute atomic E-state index is 0.112. The Morgan fingerprint density at radius 1 is 0.935 bits per heavy atom. The highest BCUT2D eigenvalue weighted by Crippen LogP contribution is 2.14. The molecule has 0 spiro atoms. The van der Waals surface area contributed by atoms with Gasteiger partial charge in [0.05, 0.1) is 4.92 Å². The number of halogens is 1. The highest BCUT2D eigenvalue weighted by Gasteiger charge is 2.16. The van der Waals surface area contributed by atoms with E-state index in [-0.39, 0.29) is 29.1 Å². The van der Waals surface area contributed by atoms with E-state index in [0.29, 0.717) is 0 Å². The molecular weight excluding hydrogens is 401 g/mol. The standard InChI is InChI=1S/C23H18FN3O4/c24-20-9-5-4-8-18(20)14-21(23(29)25-15-16-6-2-1-3-7-16)26-22(28)17-10-12-19(13-11-17)27(30)31/h1-14H,15H2,(H,25,29)(H,26,28)/b21-14+. The lowest BCUT2D eigenvalue weighted by atomic mass is 10.1. The average molecular weight is 419 g/mol. The summed E-state index contributed by atoms with van der Waals surface area (Å²) >= 11 is 0. The van der Waals surface area contributed by atoms with E-state index in [1.54, 1.807) is 6.07 Å². The van der Waals surface area contributed by atoms with Crippen molar-refractivity contribution in [1.82, 2.24) is 10.6 Å². The van der Waals surface area contributed by atoms with Gasteiger partial charge >= 0.3 is 0 Å². The van der Waals surface area contributed by atoms with E-state index in [0.717, 1.165) is 5.56 Å². The zero-order valence-corrected chi connectivity index (χ0v) is 16.2. The highest BCUT2D eigenvalue weighted by atomic mass is 19.1. The molecule has 0 saturated heterocycles. The molecule has 0 heterocycles. The number of carbonyl (C=O) groups excluding carboxylic acids is 2. The number of nitrogens with zero attached hydrogens (tertiary/aromatic N) is 1. The van der Waals surface area contributed by atoms with Crippen LogP contribution in [0.25, 0.3) is 6.08 Å². The molecule has 8 heteroatoms. The van der Waals surface area contributed by atoms with Crippen LogP contribution >= 0.6 is 0 Å². The average Bonchev–Trinajstić information content (AvgIpc) is 2.79. The molecule has 2 amide bonds. The summed E-state index contributed by atoms with van der Waals surface area (Å²) in [7, 11) is 0. The highest BCUT2D eigenvalue weighted by molar-refractivity contribution is 6.05. The molecule has 0 aliphatic heterocycles. The molecule has 156 valence electrons. The third kappa shape index (κ3) is 5.83. The number of hydrogen-bond acceptors (Lipinski definition) is 4. The Labute approximate surface area is 177 Å². The molecule has 0 fully saturated rings. The van der Waals surface area contributed by atoms with Crippen LogP contribution in [0.5, 0.6) is 0 Å². The summed E-state index contributed by atoms with van der Waals surface area (Å²) in [6.45, 7) is 0.210. The van der Waals surface area contributed by atoms with Crippen molar-refractivity contribution in [2.75, 3.05) is 0 Å². The first kappa shape index (κ1) is 21.4. The number of nitrogens with one attached hydrogen (secondary N) is 2. The van der Waals surface area contributed by atoms with Crippen LogP contribution < -0.4 is 10.6 Å². The number of nitro benzene ring substituents is 1. The van der Waals surface area contributed by atoms with Gasteiger partial charge in [-0.05, 0) is 29.8 Å². The molecule has 0 saturated carbocycles. The minimum Gasteiger partial charge on any atom is -0.347 e. The summed E-state index contributed by atoms with van der Waals surface area (Å²) in [4.78, 5) is 35.5. The SMILES string of the molecule is O=C(NCc1ccccc1)/C(=C\c1ccccc1F)NC(=O)c1ccc([N+](=O)[O-])cc1. The maximum Gasteiger partial charge on any atom is 0.269 e. The van der Waals surface area contributed by atoms with E-state index < -0.39 is 22.6 Å². The molecule has 3 aromatic carbocycles. The van der Waals surface area contributed by atoms with Crippen molar-refractivity contribution in [3.63, 3.8) is 0 Å². The van der Waals surface area contributed by atoms with E-state index in [4.69, 9.17) is 0 Å². The molecular formula is C23H18FN3O4. The number of amides is 2. The van der Waals surface area contributed by atoms with Gasteiger partial charge in [-0.2, -0.15) is 0 Å². The monoisotopic (exact) mass is 419 g/mol. The van der Waals surface area contributed by atoms with Crippen LogP contribution in [-0.2, 0) is 11.3 Å². The molecule has 2 N–H and O–H groups in total. The fraction of sp³-hybridized carbons (Fsp3) is 0.0435. The molecule has 7 nitrogen and oxygen atoms in total. The Morgan fingerprint density at radius 2 is 1.58 bits per heavy atom. The van der Waals surface area contributed by atoms with Gasteiger partial charge in [0.2, 0.25) is 0 Å². The summed E-state index contributed by atoms with van der Waals surface area (Å²) in [6.07, 6.45) is 1.24. The summed E-state index contributed by atoms with van der Waals surface area (Å²) in [5.74, 6) is -1.82. The maximum absolute atomic E-state index is 14.1. The van der Waals surface area contributed by atoms with Gasteiger partial charge in [-0.1, -0.05) is 48.5 Å². The molecule has 0 radical (unpaired) electrons. The third-order valence-corrected chi connectivity index (χ3v) is 4.33. The number of hydrogen-bond donors (Lipinski definition) is 2. The number of rotatable bonds is 7. The Bertz CT molecular complexity index is 1130. The van der Waals surface area contributed by atoms with Crippen molar-refractivity contribution >= 4 is 23.6 Å². The molecule has 0 aliphatic carbocycles.